The fourth-order valence-electron chi connectivity index (χ4n) is 4.12. The van der Waals surface area contributed by atoms with Gasteiger partial charge < -0.3 is 9.73 Å². The average molecular weight is 373 g/mol. The number of nitrogens with zero attached hydrogens (tertiary/aromatic N) is 2. The standard InChI is InChI=1S/C23H23N3O2/c27-22(25-11-6-20-24-12-13-28-20)18-14-17-2-1-3-19(21(17)26-15-18)16-4-7-23(8-5-16)9-10-23/h1-4,12-15H,5-11H2,(H,25,27). The first kappa shape index (κ1) is 17.2. The van der Waals surface area contributed by atoms with Crippen LogP contribution in [0.3, 0.4) is 0 Å². The van der Waals surface area contributed by atoms with Crippen molar-refractivity contribution in [1.29, 1.82) is 0 Å². The second-order valence-corrected chi connectivity index (χ2v) is 7.97. The molecule has 1 N–H and O–H groups in total. The third-order valence-electron chi connectivity index (χ3n) is 6.09. The lowest BCUT2D eigenvalue weighted by Crippen LogP contribution is -2.25. The number of oxazole rings is 1. The molecule has 0 unspecified atom stereocenters. The Hall–Kier alpha value is -2.95. The summed E-state index contributed by atoms with van der Waals surface area (Å²) in [4.78, 5) is 21.2. The molecule has 1 amide bonds. The van der Waals surface area contributed by atoms with Crippen molar-refractivity contribution < 1.29 is 9.21 Å². The van der Waals surface area contributed by atoms with E-state index in [-0.39, 0.29) is 5.91 Å². The minimum absolute atomic E-state index is 0.126. The van der Waals surface area contributed by atoms with Gasteiger partial charge in [0.05, 0.1) is 17.3 Å². The molecular formula is C23H23N3O2. The zero-order valence-electron chi connectivity index (χ0n) is 15.8. The smallest absolute Gasteiger partial charge is 0.252 e. The number of nitrogens with one attached hydrogen (secondary N) is 1. The molecule has 0 radical (unpaired) electrons. The van der Waals surface area contributed by atoms with E-state index in [2.05, 4.69) is 33.5 Å². The second kappa shape index (κ2) is 6.89. The highest BCUT2D eigenvalue weighted by molar-refractivity contribution is 5.99. The maximum absolute atomic E-state index is 12.5. The number of amides is 1. The Kier molecular flexibility index (Phi) is 4.23. The minimum atomic E-state index is -0.126. The van der Waals surface area contributed by atoms with E-state index in [0.29, 0.717) is 29.8 Å². The van der Waals surface area contributed by atoms with Gasteiger partial charge in [-0.1, -0.05) is 24.3 Å². The molecule has 0 aliphatic heterocycles. The monoisotopic (exact) mass is 373 g/mol. The molecule has 0 atom stereocenters. The number of carbonyl (C=O) groups is 1. The number of hydrogen-bond donors (Lipinski definition) is 1. The molecule has 0 bridgehead atoms. The summed E-state index contributed by atoms with van der Waals surface area (Å²) in [6.07, 6.45) is 14.2. The maximum atomic E-state index is 12.5. The molecule has 1 aromatic carbocycles. The van der Waals surface area contributed by atoms with Crippen molar-refractivity contribution in [2.75, 3.05) is 6.54 Å². The SMILES string of the molecule is O=C(NCCc1ncco1)c1cnc2c(C3=CCC4(CC3)CC4)cccc2c1. The number of rotatable bonds is 5. The Morgan fingerprint density at radius 1 is 1.21 bits per heavy atom. The molecule has 2 aliphatic rings. The molecule has 0 saturated heterocycles. The Balaban J connectivity index is 1.33. The van der Waals surface area contributed by atoms with E-state index in [1.54, 1.807) is 12.4 Å². The van der Waals surface area contributed by atoms with Gasteiger partial charge in [0.2, 0.25) is 0 Å². The molecule has 5 nitrogen and oxygen atoms in total. The van der Waals surface area contributed by atoms with Crippen LogP contribution in [0.4, 0.5) is 0 Å². The zero-order chi connectivity index (χ0) is 19.0. The molecule has 1 fully saturated rings. The lowest BCUT2D eigenvalue weighted by molar-refractivity contribution is 0.0953. The van der Waals surface area contributed by atoms with Crippen molar-refractivity contribution >= 4 is 22.4 Å². The molecule has 1 saturated carbocycles. The van der Waals surface area contributed by atoms with Crippen LogP contribution in [-0.2, 0) is 6.42 Å². The Labute approximate surface area is 163 Å². The Morgan fingerprint density at radius 2 is 2.14 bits per heavy atom. The van der Waals surface area contributed by atoms with Crippen molar-refractivity contribution in [2.45, 2.75) is 38.5 Å². The van der Waals surface area contributed by atoms with Crippen molar-refractivity contribution in [2.24, 2.45) is 5.41 Å². The average Bonchev–Trinajstić information content (AvgIpc) is 3.27. The van der Waals surface area contributed by atoms with E-state index in [9.17, 15) is 4.79 Å². The molecule has 3 aromatic rings. The van der Waals surface area contributed by atoms with Crippen molar-refractivity contribution in [3.8, 4) is 0 Å². The number of para-hydroxylation sites is 1. The summed E-state index contributed by atoms with van der Waals surface area (Å²) in [5, 5.41) is 3.91. The number of pyridine rings is 1. The van der Waals surface area contributed by atoms with Gasteiger partial charge in [-0.3, -0.25) is 9.78 Å². The molecule has 2 heterocycles. The van der Waals surface area contributed by atoms with Crippen LogP contribution in [0.25, 0.3) is 16.5 Å². The topological polar surface area (TPSA) is 68.0 Å². The molecule has 5 heteroatoms. The van der Waals surface area contributed by atoms with Crippen LogP contribution in [0.15, 0.2) is 53.4 Å². The zero-order valence-corrected chi connectivity index (χ0v) is 15.8. The first-order valence-corrected chi connectivity index (χ1v) is 9.97. The summed E-state index contributed by atoms with van der Waals surface area (Å²) >= 11 is 0. The fourth-order valence-corrected chi connectivity index (χ4v) is 4.12. The normalized spacial score (nSPS) is 17.5. The van der Waals surface area contributed by atoms with Gasteiger partial charge in [0.25, 0.3) is 5.91 Å². The Morgan fingerprint density at radius 3 is 2.89 bits per heavy atom. The summed E-state index contributed by atoms with van der Waals surface area (Å²) in [5.41, 5.74) is 4.80. The second-order valence-electron chi connectivity index (χ2n) is 7.97. The number of benzene rings is 1. The van der Waals surface area contributed by atoms with Gasteiger partial charge in [0, 0.05) is 30.1 Å². The fraction of sp³-hybridized carbons (Fsp3) is 0.348. The van der Waals surface area contributed by atoms with Crippen LogP contribution in [0.2, 0.25) is 0 Å². The van der Waals surface area contributed by atoms with Gasteiger partial charge in [0.1, 0.15) is 6.26 Å². The molecule has 2 aliphatic carbocycles. The van der Waals surface area contributed by atoms with Crippen LogP contribution in [0, 0.1) is 5.41 Å². The number of fused-ring (bicyclic) bond motifs is 1. The van der Waals surface area contributed by atoms with Crippen molar-refractivity contribution in [3.63, 3.8) is 0 Å². The van der Waals surface area contributed by atoms with Gasteiger partial charge >= 0.3 is 0 Å². The largest absolute Gasteiger partial charge is 0.449 e. The third kappa shape index (κ3) is 3.33. The number of aromatic nitrogens is 2. The Bertz CT molecular complexity index is 1050. The van der Waals surface area contributed by atoms with E-state index in [1.165, 1.54) is 43.1 Å². The van der Waals surface area contributed by atoms with Crippen molar-refractivity contribution in [1.82, 2.24) is 15.3 Å². The third-order valence-corrected chi connectivity index (χ3v) is 6.09. The molecule has 28 heavy (non-hydrogen) atoms. The molecular weight excluding hydrogens is 350 g/mol. The number of carbonyl (C=O) groups excluding carboxylic acids is 1. The summed E-state index contributed by atoms with van der Waals surface area (Å²) in [5.74, 6) is 0.495. The highest BCUT2D eigenvalue weighted by Crippen LogP contribution is 2.56. The number of hydrogen-bond acceptors (Lipinski definition) is 4. The van der Waals surface area contributed by atoms with Gasteiger partial charge in [-0.15, -0.1) is 0 Å². The molecule has 5 rings (SSSR count). The molecule has 142 valence electrons. The van der Waals surface area contributed by atoms with E-state index in [1.807, 2.05) is 12.1 Å². The minimum Gasteiger partial charge on any atom is -0.449 e. The number of allylic oxidation sites excluding steroid dienone is 2. The van der Waals surface area contributed by atoms with Gasteiger partial charge in [-0.2, -0.15) is 0 Å². The lowest BCUT2D eigenvalue weighted by Gasteiger charge is -2.21. The molecule has 2 aromatic heterocycles. The van der Waals surface area contributed by atoms with Crippen LogP contribution in [-0.4, -0.2) is 22.4 Å². The summed E-state index contributed by atoms with van der Waals surface area (Å²) < 4.78 is 5.19. The van der Waals surface area contributed by atoms with E-state index in [4.69, 9.17) is 4.42 Å². The predicted octanol–water partition coefficient (Wildman–Crippen LogP) is 4.54. The predicted molar refractivity (Wildman–Crippen MR) is 108 cm³/mol. The van der Waals surface area contributed by atoms with Crippen LogP contribution < -0.4 is 5.32 Å². The van der Waals surface area contributed by atoms with E-state index >= 15 is 0 Å². The first-order valence-electron chi connectivity index (χ1n) is 9.97. The summed E-state index contributed by atoms with van der Waals surface area (Å²) in [7, 11) is 0. The quantitative estimate of drug-likeness (QED) is 0.713. The van der Waals surface area contributed by atoms with Gasteiger partial charge in [0.15, 0.2) is 5.89 Å². The maximum Gasteiger partial charge on any atom is 0.252 e. The lowest BCUT2D eigenvalue weighted by atomic mass is 9.84. The van der Waals surface area contributed by atoms with Gasteiger partial charge in [-0.05, 0) is 49.2 Å². The van der Waals surface area contributed by atoms with Gasteiger partial charge in [-0.25, -0.2) is 4.98 Å². The van der Waals surface area contributed by atoms with Crippen molar-refractivity contribution in [3.05, 3.63) is 66.0 Å². The van der Waals surface area contributed by atoms with E-state index < -0.39 is 0 Å². The van der Waals surface area contributed by atoms with Crippen LogP contribution in [0.5, 0.6) is 0 Å². The van der Waals surface area contributed by atoms with Crippen LogP contribution >= 0.6 is 0 Å². The summed E-state index contributed by atoms with van der Waals surface area (Å²) in [6, 6.07) is 8.17. The molecule has 1 spiro atoms. The summed E-state index contributed by atoms with van der Waals surface area (Å²) in [6.45, 7) is 0.478. The van der Waals surface area contributed by atoms with Crippen LogP contribution in [0.1, 0.15) is 53.9 Å². The highest BCUT2D eigenvalue weighted by Gasteiger charge is 2.42. The highest BCUT2D eigenvalue weighted by atomic mass is 16.3. The van der Waals surface area contributed by atoms with E-state index in [0.717, 1.165) is 17.3 Å². The first-order chi connectivity index (χ1) is 13.7.